The second-order valence-electron chi connectivity index (χ2n) is 5.39. The fourth-order valence-electron chi connectivity index (χ4n) is 2.84. The second kappa shape index (κ2) is 7.04. The van der Waals surface area contributed by atoms with Gasteiger partial charge in [-0.15, -0.1) is 11.3 Å². The Morgan fingerprint density at radius 2 is 2.37 bits per heavy atom. The average molecular weight is 281 g/mol. The number of carbonyl (C=O) groups is 1. The van der Waals surface area contributed by atoms with Crippen molar-refractivity contribution in [1.29, 1.82) is 0 Å². The molecule has 1 aromatic heterocycles. The molecule has 19 heavy (non-hydrogen) atoms. The van der Waals surface area contributed by atoms with Gasteiger partial charge in [0.25, 0.3) is 0 Å². The lowest BCUT2D eigenvalue weighted by molar-refractivity contribution is -0.140. The summed E-state index contributed by atoms with van der Waals surface area (Å²) in [6.07, 6.45) is 7.71. The fourth-order valence-corrected chi connectivity index (χ4v) is 3.85. The van der Waals surface area contributed by atoms with E-state index in [-0.39, 0.29) is 5.97 Å². The number of esters is 1. The summed E-state index contributed by atoms with van der Waals surface area (Å²) >= 11 is 1.76. The van der Waals surface area contributed by atoms with Crippen LogP contribution in [0.1, 0.15) is 62.1 Å². The summed E-state index contributed by atoms with van der Waals surface area (Å²) in [5, 5.41) is 3.38. The second-order valence-corrected chi connectivity index (χ2v) is 6.28. The van der Waals surface area contributed by atoms with Crippen LogP contribution in [0.25, 0.3) is 0 Å². The van der Waals surface area contributed by atoms with E-state index in [1.165, 1.54) is 44.2 Å². The molecule has 0 saturated heterocycles. The molecule has 1 aliphatic carbocycles. The molecule has 4 heteroatoms. The van der Waals surface area contributed by atoms with Crippen LogP contribution >= 0.6 is 11.3 Å². The van der Waals surface area contributed by atoms with Crippen molar-refractivity contribution in [2.24, 2.45) is 5.92 Å². The van der Waals surface area contributed by atoms with E-state index in [9.17, 15) is 4.79 Å². The van der Waals surface area contributed by atoms with E-state index in [1.807, 2.05) is 0 Å². The van der Waals surface area contributed by atoms with Gasteiger partial charge in [0, 0.05) is 17.7 Å². The Morgan fingerprint density at radius 3 is 3.11 bits per heavy atom. The standard InChI is InChI=1S/C15H23NO2S/c1-3-11-5-4-6-12(9-11)15-16-13(10-19-15)7-8-14(17)18-2/h10-12H,3-9H2,1-2H3. The smallest absolute Gasteiger partial charge is 0.305 e. The molecule has 0 amide bonds. The summed E-state index contributed by atoms with van der Waals surface area (Å²) in [6.45, 7) is 2.29. The Morgan fingerprint density at radius 1 is 1.53 bits per heavy atom. The van der Waals surface area contributed by atoms with Crippen molar-refractivity contribution < 1.29 is 9.53 Å². The Labute approximate surface area is 119 Å². The van der Waals surface area contributed by atoms with Gasteiger partial charge < -0.3 is 4.74 Å². The average Bonchev–Trinajstić information content (AvgIpc) is 2.93. The summed E-state index contributed by atoms with van der Waals surface area (Å²) in [6, 6.07) is 0. The molecular weight excluding hydrogens is 258 g/mol. The van der Waals surface area contributed by atoms with Gasteiger partial charge in [0.2, 0.25) is 0 Å². The lowest BCUT2D eigenvalue weighted by atomic mass is 9.80. The quantitative estimate of drug-likeness (QED) is 0.768. The summed E-state index contributed by atoms with van der Waals surface area (Å²) in [7, 11) is 1.43. The molecule has 3 nitrogen and oxygen atoms in total. The van der Waals surface area contributed by atoms with Gasteiger partial charge in [0.15, 0.2) is 0 Å². The minimum absolute atomic E-state index is 0.154. The first-order chi connectivity index (χ1) is 9.22. The Hall–Kier alpha value is -0.900. The van der Waals surface area contributed by atoms with Crippen molar-refractivity contribution in [3.8, 4) is 0 Å². The van der Waals surface area contributed by atoms with Crippen LogP contribution in [0.15, 0.2) is 5.38 Å². The van der Waals surface area contributed by atoms with Gasteiger partial charge in [0.05, 0.1) is 24.2 Å². The molecule has 1 fully saturated rings. The maximum absolute atomic E-state index is 11.1. The lowest BCUT2D eigenvalue weighted by Crippen LogP contribution is -2.13. The van der Waals surface area contributed by atoms with Crippen LogP contribution in [0, 0.1) is 5.92 Å². The van der Waals surface area contributed by atoms with E-state index < -0.39 is 0 Å². The monoisotopic (exact) mass is 281 g/mol. The zero-order valence-corrected chi connectivity index (χ0v) is 12.7. The van der Waals surface area contributed by atoms with Crippen LogP contribution in [0.5, 0.6) is 0 Å². The number of rotatable bonds is 5. The molecular formula is C15H23NO2S. The van der Waals surface area contributed by atoms with Crippen molar-refractivity contribution in [3.63, 3.8) is 0 Å². The molecule has 0 N–H and O–H groups in total. The Bertz CT molecular complexity index is 416. The highest BCUT2D eigenvalue weighted by molar-refractivity contribution is 7.09. The SMILES string of the molecule is CCC1CCCC(c2nc(CCC(=O)OC)cs2)C1. The first-order valence-corrected chi connectivity index (χ1v) is 8.12. The minimum atomic E-state index is -0.154. The zero-order valence-electron chi connectivity index (χ0n) is 11.9. The molecule has 0 spiro atoms. The molecule has 1 aliphatic rings. The molecule has 0 aromatic carbocycles. The van der Waals surface area contributed by atoms with Crippen LogP contribution in [-0.4, -0.2) is 18.1 Å². The number of ether oxygens (including phenoxy) is 1. The van der Waals surface area contributed by atoms with E-state index in [0.29, 0.717) is 18.8 Å². The molecule has 2 atom stereocenters. The number of methoxy groups -OCH3 is 1. The van der Waals surface area contributed by atoms with E-state index in [1.54, 1.807) is 11.3 Å². The predicted molar refractivity (Wildman–Crippen MR) is 77.4 cm³/mol. The number of aryl methyl sites for hydroxylation is 1. The van der Waals surface area contributed by atoms with E-state index in [4.69, 9.17) is 4.98 Å². The van der Waals surface area contributed by atoms with Crippen molar-refractivity contribution in [2.75, 3.05) is 7.11 Å². The topological polar surface area (TPSA) is 39.2 Å². The van der Waals surface area contributed by atoms with Crippen molar-refractivity contribution in [3.05, 3.63) is 16.1 Å². The molecule has 0 bridgehead atoms. The van der Waals surface area contributed by atoms with Crippen LogP contribution < -0.4 is 0 Å². The van der Waals surface area contributed by atoms with Gasteiger partial charge in [-0.25, -0.2) is 4.98 Å². The van der Waals surface area contributed by atoms with Gasteiger partial charge in [-0.1, -0.05) is 26.2 Å². The zero-order chi connectivity index (χ0) is 13.7. The largest absolute Gasteiger partial charge is 0.469 e. The number of nitrogens with zero attached hydrogens (tertiary/aromatic N) is 1. The van der Waals surface area contributed by atoms with Gasteiger partial charge >= 0.3 is 5.97 Å². The number of hydrogen-bond donors (Lipinski definition) is 0. The van der Waals surface area contributed by atoms with Gasteiger partial charge in [-0.3, -0.25) is 4.79 Å². The highest BCUT2D eigenvalue weighted by Crippen LogP contribution is 2.38. The molecule has 2 unspecified atom stereocenters. The van der Waals surface area contributed by atoms with Crippen LogP contribution in [-0.2, 0) is 16.0 Å². The molecule has 106 valence electrons. The first-order valence-electron chi connectivity index (χ1n) is 7.24. The van der Waals surface area contributed by atoms with Crippen molar-refractivity contribution in [2.45, 2.75) is 57.8 Å². The van der Waals surface area contributed by atoms with Gasteiger partial charge in [-0.2, -0.15) is 0 Å². The maximum atomic E-state index is 11.1. The Balaban J connectivity index is 1.91. The maximum Gasteiger partial charge on any atom is 0.305 e. The number of carbonyl (C=O) groups excluding carboxylic acids is 1. The summed E-state index contributed by atoms with van der Waals surface area (Å²) in [4.78, 5) is 15.8. The normalized spacial score (nSPS) is 23.3. The molecule has 1 saturated carbocycles. The molecule has 2 rings (SSSR count). The summed E-state index contributed by atoms with van der Waals surface area (Å²) in [5.74, 6) is 1.37. The molecule has 0 aliphatic heterocycles. The first kappa shape index (κ1) is 14.5. The number of aromatic nitrogens is 1. The highest BCUT2D eigenvalue weighted by Gasteiger charge is 2.24. The van der Waals surface area contributed by atoms with E-state index >= 15 is 0 Å². The van der Waals surface area contributed by atoms with E-state index in [2.05, 4.69) is 17.0 Å². The summed E-state index contributed by atoms with van der Waals surface area (Å²) in [5.41, 5.74) is 1.05. The van der Waals surface area contributed by atoms with Crippen molar-refractivity contribution >= 4 is 17.3 Å². The third-order valence-electron chi connectivity index (χ3n) is 4.09. The Kier molecular flexibility index (Phi) is 5.37. The van der Waals surface area contributed by atoms with Crippen LogP contribution in [0.3, 0.4) is 0 Å². The van der Waals surface area contributed by atoms with Crippen molar-refractivity contribution in [1.82, 2.24) is 4.98 Å². The number of hydrogen-bond acceptors (Lipinski definition) is 4. The molecule has 1 aromatic rings. The number of thiazole rings is 1. The summed E-state index contributed by atoms with van der Waals surface area (Å²) < 4.78 is 4.66. The lowest BCUT2D eigenvalue weighted by Gasteiger charge is -2.26. The molecule has 1 heterocycles. The third-order valence-corrected chi connectivity index (χ3v) is 5.15. The van der Waals surface area contributed by atoms with Crippen LogP contribution in [0.2, 0.25) is 0 Å². The van der Waals surface area contributed by atoms with E-state index in [0.717, 1.165) is 11.6 Å². The van der Waals surface area contributed by atoms with Crippen LogP contribution in [0.4, 0.5) is 0 Å². The predicted octanol–water partition coefficient (Wildman–Crippen LogP) is 3.93. The fraction of sp³-hybridized carbons (Fsp3) is 0.733. The van der Waals surface area contributed by atoms with Gasteiger partial charge in [-0.05, 0) is 18.8 Å². The molecule has 0 radical (unpaired) electrons. The van der Waals surface area contributed by atoms with Gasteiger partial charge in [0.1, 0.15) is 0 Å². The minimum Gasteiger partial charge on any atom is -0.469 e. The highest BCUT2D eigenvalue weighted by atomic mass is 32.1. The third kappa shape index (κ3) is 4.03.